The van der Waals surface area contributed by atoms with E-state index in [2.05, 4.69) is 15.2 Å². The Balaban J connectivity index is 1.67. The van der Waals surface area contributed by atoms with Crippen LogP contribution in [0.2, 0.25) is 0 Å². The lowest BCUT2D eigenvalue weighted by Gasteiger charge is -2.33. The number of nitrogens with zero attached hydrogens (tertiary/aromatic N) is 4. The van der Waals surface area contributed by atoms with Crippen LogP contribution in [-0.4, -0.2) is 77.5 Å². The van der Waals surface area contributed by atoms with Crippen LogP contribution in [0.4, 0.5) is 10.6 Å². The molecule has 0 unspecified atom stereocenters. The topological polar surface area (TPSA) is 109 Å². The first-order valence-corrected chi connectivity index (χ1v) is 15.0. The van der Waals surface area contributed by atoms with Gasteiger partial charge < -0.3 is 34.3 Å². The van der Waals surface area contributed by atoms with Crippen molar-refractivity contribution in [1.82, 2.24) is 19.4 Å². The molecule has 0 aliphatic carbocycles. The van der Waals surface area contributed by atoms with Gasteiger partial charge in [-0.15, -0.1) is 0 Å². The van der Waals surface area contributed by atoms with Gasteiger partial charge in [0, 0.05) is 55.6 Å². The highest BCUT2D eigenvalue weighted by atomic mass is 16.5. The minimum atomic E-state index is -0.856. The van der Waals surface area contributed by atoms with Crippen LogP contribution in [0.15, 0.2) is 35.4 Å². The highest BCUT2D eigenvalue weighted by molar-refractivity contribution is 5.97. The molecule has 236 valence electrons. The van der Waals surface area contributed by atoms with Crippen molar-refractivity contribution in [2.75, 3.05) is 46.7 Å². The standard InChI is InChI=1S/C33H49N5O5/c1-33(2,3)38(32(40)41)16-14-12-10-9-11-13-15-34-30-19-24-25(20-35-30)31(39)37(6)22-26(24)23-17-28(42-7)27(21-36(4)5)29(18-23)43-8/h17-20,22H,9-16,21H2,1-8H3,(H,34,35)(H,40,41). The van der Waals surface area contributed by atoms with Gasteiger partial charge in [0.2, 0.25) is 0 Å². The number of aromatic nitrogens is 2. The van der Waals surface area contributed by atoms with Crippen molar-refractivity contribution in [3.05, 3.63) is 46.5 Å². The number of carbonyl (C=O) groups is 1. The quantitative estimate of drug-likeness (QED) is 0.200. The van der Waals surface area contributed by atoms with Gasteiger partial charge in [-0.3, -0.25) is 4.79 Å². The number of aryl methyl sites for hydroxylation is 1. The van der Waals surface area contributed by atoms with Gasteiger partial charge in [0.25, 0.3) is 5.56 Å². The molecule has 0 spiro atoms. The third kappa shape index (κ3) is 8.86. The average Bonchev–Trinajstić information content (AvgIpc) is 2.94. The number of methoxy groups -OCH3 is 2. The number of hydrogen-bond donors (Lipinski definition) is 2. The summed E-state index contributed by atoms with van der Waals surface area (Å²) in [6.45, 7) is 7.79. The van der Waals surface area contributed by atoms with Crippen LogP contribution in [0.3, 0.4) is 0 Å². The molecule has 0 aliphatic heterocycles. The minimum Gasteiger partial charge on any atom is -0.496 e. The maximum Gasteiger partial charge on any atom is 0.407 e. The van der Waals surface area contributed by atoms with Crippen LogP contribution in [0.5, 0.6) is 11.5 Å². The third-order valence-electron chi connectivity index (χ3n) is 7.62. The van der Waals surface area contributed by atoms with Gasteiger partial charge in [-0.05, 0) is 71.5 Å². The second-order valence-corrected chi connectivity index (χ2v) is 12.3. The van der Waals surface area contributed by atoms with Gasteiger partial charge in [-0.2, -0.15) is 0 Å². The molecule has 2 aromatic heterocycles. The largest absolute Gasteiger partial charge is 0.496 e. The molecule has 2 N–H and O–H groups in total. The van der Waals surface area contributed by atoms with E-state index in [9.17, 15) is 14.7 Å². The van der Waals surface area contributed by atoms with Gasteiger partial charge in [-0.1, -0.05) is 25.7 Å². The normalized spacial score (nSPS) is 11.7. The Labute approximate surface area is 255 Å². The van der Waals surface area contributed by atoms with Gasteiger partial charge in [-0.25, -0.2) is 9.78 Å². The number of pyridine rings is 2. The van der Waals surface area contributed by atoms with E-state index in [-0.39, 0.29) is 11.1 Å². The molecule has 0 radical (unpaired) electrons. The zero-order valence-electron chi connectivity index (χ0n) is 27.1. The second kappa shape index (κ2) is 15.1. The molecule has 0 bridgehead atoms. The Morgan fingerprint density at radius 1 is 0.977 bits per heavy atom. The lowest BCUT2D eigenvalue weighted by atomic mass is 9.98. The Kier molecular flexibility index (Phi) is 11.8. The van der Waals surface area contributed by atoms with Gasteiger partial charge in [0.1, 0.15) is 17.3 Å². The fourth-order valence-electron chi connectivity index (χ4n) is 5.34. The van der Waals surface area contributed by atoms with E-state index in [0.29, 0.717) is 18.5 Å². The van der Waals surface area contributed by atoms with Gasteiger partial charge >= 0.3 is 6.09 Å². The van der Waals surface area contributed by atoms with Crippen LogP contribution in [0.1, 0.15) is 64.9 Å². The van der Waals surface area contributed by atoms with Crippen molar-refractivity contribution in [2.45, 2.75) is 71.4 Å². The van der Waals surface area contributed by atoms with Crippen molar-refractivity contribution in [2.24, 2.45) is 7.05 Å². The summed E-state index contributed by atoms with van der Waals surface area (Å²) in [7, 11) is 9.06. The molecule has 2 heterocycles. The summed E-state index contributed by atoms with van der Waals surface area (Å²) >= 11 is 0. The first-order chi connectivity index (χ1) is 20.4. The molecular weight excluding hydrogens is 546 g/mol. The lowest BCUT2D eigenvalue weighted by molar-refractivity contribution is 0.0990. The van der Waals surface area contributed by atoms with Crippen molar-refractivity contribution in [3.8, 4) is 22.6 Å². The third-order valence-corrected chi connectivity index (χ3v) is 7.62. The highest BCUT2D eigenvalue weighted by Gasteiger charge is 2.25. The van der Waals surface area contributed by atoms with E-state index in [1.807, 2.05) is 59.3 Å². The molecule has 1 amide bonds. The molecule has 10 nitrogen and oxygen atoms in total. The molecule has 3 rings (SSSR count). The summed E-state index contributed by atoms with van der Waals surface area (Å²) < 4.78 is 13.1. The number of fused-ring (bicyclic) bond motifs is 1. The number of rotatable bonds is 15. The maximum absolute atomic E-state index is 13.0. The van der Waals surface area contributed by atoms with E-state index in [0.717, 1.165) is 84.5 Å². The fourth-order valence-corrected chi connectivity index (χ4v) is 5.34. The van der Waals surface area contributed by atoms with Gasteiger partial charge in [0.15, 0.2) is 0 Å². The van der Waals surface area contributed by atoms with E-state index >= 15 is 0 Å². The Morgan fingerprint density at radius 3 is 2.14 bits per heavy atom. The number of anilines is 1. The molecule has 1 aromatic carbocycles. The Bertz CT molecular complexity index is 1420. The predicted octanol–water partition coefficient (Wildman–Crippen LogP) is 6.21. The first kappa shape index (κ1) is 33.7. The van der Waals surface area contributed by atoms with Crippen LogP contribution in [0.25, 0.3) is 21.9 Å². The van der Waals surface area contributed by atoms with Crippen molar-refractivity contribution in [1.29, 1.82) is 0 Å². The molecule has 10 heteroatoms. The summed E-state index contributed by atoms with van der Waals surface area (Å²) in [5.74, 6) is 2.18. The number of hydrogen-bond acceptors (Lipinski definition) is 7. The first-order valence-electron chi connectivity index (χ1n) is 15.0. The van der Waals surface area contributed by atoms with Crippen LogP contribution >= 0.6 is 0 Å². The molecule has 0 saturated heterocycles. The number of amides is 1. The minimum absolute atomic E-state index is 0.102. The molecule has 0 aliphatic rings. The summed E-state index contributed by atoms with van der Waals surface area (Å²) in [4.78, 5) is 32.6. The number of ether oxygens (including phenoxy) is 2. The second-order valence-electron chi connectivity index (χ2n) is 12.3. The van der Waals surface area contributed by atoms with Crippen LogP contribution in [0, 0.1) is 0 Å². The molecule has 3 aromatic rings. The molecule has 0 fully saturated rings. The zero-order chi connectivity index (χ0) is 31.7. The van der Waals surface area contributed by atoms with E-state index in [4.69, 9.17) is 9.47 Å². The van der Waals surface area contributed by atoms with Crippen molar-refractivity contribution < 1.29 is 19.4 Å². The molecule has 0 saturated carbocycles. The summed E-state index contributed by atoms with van der Waals surface area (Å²) in [6, 6.07) is 5.94. The van der Waals surface area contributed by atoms with E-state index < -0.39 is 6.09 Å². The molecule has 0 atom stereocenters. The Morgan fingerprint density at radius 2 is 1.58 bits per heavy atom. The maximum atomic E-state index is 13.0. The van der Waals surface area contributed by atoms with E-state index in [1.54, 1.807) is 32.0 Å². The smallest absolute Gasteiger partial charge is 0.407 e. The number of benzene rings is 1. The number of unbranched alkanes of at least 4 members (excludes halogenated alkanes) is 5. The number of nitrogens with one attached hydrogen (secondary N) is 1. The summed E-state index contributed by atoms with van der Waals surface area (Å²) in [5.41, 5.74) is 2.27. The number of carboxylic acid groups (broad SMARTS) is 1. The zero-order valence-corrected chi connectivity index (χ0v) is 27.1. The van der Waals surface area contributed by atoms with Crippen LogP contribution in [-0.2, 0) is 13.6 Å². The molecule has 43 heavy (non-hydrogen) atoms. The SMILES string of the molecule is COc1cc(-c2cn(C)c(=O)c3cnc(NCCCCCCCCN(C(=O)O)C(C)(C)C)cc23)cc(OC)c1CN(C)C. The summed E-state index contributed by atoms with van der Waals surface area (Å²) in [5, 5.41) is 14.2. The van der Waals surface area contributed by atoms with Crippen LogP contribution < -0.4 is 20.3 Å². The fraction of sp³-hybridized carbons (Fsp3) is 0.545. The van der Waals surface area contributed by atoms with Gasteiger partial charge in [0.05, 0.1) is 25.2 Å². The summed E-state index contributed by atoms with van der Waals surface area (Å²) in [6.07, 6.45) is 8.79. The van der Waals surface area contributed by atoms with E-state index in [1.165, 1.54) is 4.90 Å². The van der Waals surface area contributed by atoms with Crippen molar-refractivity contribution in [3.63, 3.8) is 0 Å². The predicted molar refractivity (Wildman–Crippen MR) is 174 cm³/mol. The lowest BCUT2D eigenvalue weighted by Crippen LogP contribution is -2.45. The molecular formula is C33H49N5O5. The average molecular weight is 596 g/mol. The van der Waals surface area contributed by atoms with Crippen molar-refractivity contribution >= 4 is 22.7 Å². The highest BCUT2D eigenvalue weighted by Crippen LogP contribution is 2.38. The Hall–Kier alpha value is -3.79. The monoisotopic (exact) mass is 595 g/mol.